The number of esters is 1. The van der Waals surface area contributed by atoms with Crippen LogP contribution in [0.25, 0.3) is 0 Å². The summed E-state index contributed by atoms with van der Waals surface area (Å²) in [6, 6.07) is 12.8. The first-order valence-corrected chi connectivity index (χ1v) is 12.2. The third-order valence-corrected chi connectivity index (χ3v) is 7.52. The maximum absolute atomic E-state index is 14.0. The molecule has 178 valence electrons. The van der Waals surface area contributed by atoms with E-state index in [-0.39, 0.29) is 24.2 Å². The fraction of sp³-hybridized carbons (Fsp3) is 0.370. The Morgan fingerprint density at radius 1 is 1.21 bits per heavy atom. The number of hydrogen-bond donors (Lipinski definition) is 0. The molecule has 0 N–H and O–H groups in total. The molecule has 2 aliphatic rings. The molecule has 1 spiro atoms. The van der Waals surface area contributed by atoms with E-state index in [1.54, 1.807) is 25.0 Å². The average molecular weight is 526 g/mol. The smallest absolute Gasteiger partial charge is 0.330 e. The second kappa shape index (κ2) is 9.74. The predicted octanol–water partition coefficient (Wildman–Crippen LogP) is 4.74. The van der Waals surface area contributed by atoms with Gasteiger partial charge in [-0.2, -0.15) is 0 Å². The van der Waals surface area contributed by atoms with Crippen LogP contribution in [0.5, 0.6) is 5.75 Å². The molecule has 1 amide bonds. The van der Waals surface area contributed by atoms with Crippen LogP contribution in [-0.4, -0.2) is 42.3 Å². The zero-order chi connectivity index (χ0) is 24.5. The topological polar surface area (TPSA) is 72.9 Å². The van der Waals surface area contributed by atoms with Crippen LogP contribution in [-0.2, 0) is 27.3 Å². The van der Waals surface area contributed by atoms with Crippen LogP contribution in [0.4, 0.5) is 0 Å². The molecule has 0 unspecified atom stereocenters. The second-order valence-electron chi connectivity index (χ2n) is 8.77. The van der Waals surface area contributed by atoms with E-state index >= 15 is 0 Å². The minimum Gasteiger partial charge on any atom is -0.497 e. The number of carbonyl (C=O) groups is 3. The molecule has 1 aliphatic carbocycles. The van der Waals surface area contributed by atoms with Gasteiger partial charge in [0.05, 0.1) is 19.8 Å². The number of Topliss-reactive ketones (excluding diaryl/α,β-unsaturated/α-hetero) is 1. The van der Waals surface area contributed by atoms with Gasteiger partial charge in [0.2, 0.25) is 5.91 Å². The Kier molecular flexibility index (Phi) is 6.94. The van der Waals surface area contributed by atoms with Crippen molar-refractivity contribution in [1.82, 2.24) is 4.90 Å². The highest BCUT2D eigenvalue weighted by Crippen LogP contribution is 2.51. The zero-order valence-electron chi connectivity index (χ0n) is 19.5. The average Bonchev–Trinajstić information content (AvgIpc) is 3.02. The molecular formula is C27H28BrNO5. The van der Waals surface area contributed by atoms with E-state index in [9.17, 15) is 14.4 Å². The number of carbonyl (C=O) groups excluding carboxylic acids is 3. The number of ether oxygens (including phenoxy) is 2. The number of ketones is 1. The van der Waals surface area contributed by atoms with Crippen molar-refractivity contribution in [2.24, 2.45) is 11.3 Å². The lowest BCUT2D eigenvalue weighted by molar-refractivity contribution is -0.138. The number of rotatable bonds is 6. The van der Waals surface area contributed by atoms with Crippen molar-refractivity contribution in [3.63, 3.8) is 0 Å². The monoisotopic (exact) mass is 525 g/mol. The van der Waals surface area contributed by atoms with E-state index in [0.717, 1.165) is 21.3 Å². The lowest BCUT2D eigenvalue weighted by Gasteiger charge is -2.34. The fourth-order valence-electron chi connectivity index (χ4n) is 5.19. The predicted molar refractivity (Wildman–Crippen MR) is 131 cm³/mol. The van der Waals surface area contributed by atoms with Gasteiger partial charge in [0.1, 0.15) is 11.2 Å². The Bertz CT molecular complexity index is 1140. The number of halogens is 1. The molecule has 0 radical (unpaired) electrons. The summed E-state index contributed by atoms with van der Waals surface area (Å²) in [6.07, 6.45) is 4.18. The highest BCUT2D eigenvalue weighted by molar-refractivity contribution is 9.10. The third-order valence-electron chi connectivity index (χ3n) is 7.03. The number of benzene rings is 2. The zero-order valence-corrected chi connectivity index (χ0v) is 21.1. The summed E-state index contributed by atoms with van der Waals surface area (Å²) < 4.78 is 11.1. The van der Waals surface area contributed by atoms with Gasteiger partial charge in [-0.25, -0.2) is 4.79 Å². The molecular weight excluding hydrogens is 498 g/mol. The summed E-state index contributed by atoms with van der Waals surface area (Å²) in [4.78, 5) is 41.7. The second-order valence-corrected chi connectivity index (χ2v) is 9.69. The summed E-state index contributed by atoms with van der Waals surface area (Å²) in [5.74, 6) is -0.380. The van der Waals surface area contributed by atoms with E-state index in [2.05, 4.69) is 15.9 Å². The minimum atomic E-state index is -1.16. The number of nitrogens with zero attached hydrogens (tertiary/aromatic N) is 1. The number of likely N-dealkylation sites (tertiary alicyclic amines) is 1. The molecule has 3 atom stereocenters. The SMILES string of the molecule is CCOC(=O)/C=C/[C@@H]1[C@@H](C)[C@@]2(CCc3ccc(Br)cc3C2=O)C(=O)N1Cc1ccc(OC)cc1. The van der Waals surface area contributed by atoms with E-state index in [1.165, 1.54) is 6.08 Å². The lowest BCUT2D eigenvalue weighted by Crippen LogP contribution is -2.46. The number of fused-ring (bicyclic) bond motifs is 1. The van der Waals surface area contributed by atoms with Crippen molar-refractivity contribution in [3.8, 4) is 5.75 Å². The highest BCUT2D eigenvalue weighted by atomic mass is 79.9. The number of hydrogen-bond acceptors (Lipinski definition) is 5. The van der Waals surface area contributed by atoms with E-state index in [4.69, 9.17) is 9.47 Å². The standard InChI is InChI=1S/C27H28BrNO5/c1-4-34-24(30)12-11-23-17(2)27(14-13-19-7-8-20(28)15-22(19)25(27)31)26(32)29(23)16-18-5-9-21(33-3)10-6-18/h5-12,15,17,23H,4,13-14,16H2,1-3H3/b12-11+/t17-,23-,27-/m1/s1. The third kappa shape index (κ3) is 4.17. The van der Waals surface area contributed by atoms with Crippen molar-refractivity contribution in [3.05, 3.63) is 75.8 Å². The van der Waals surface area contributed by atoms with E-state index < -0.39 is 17.4 Å². The summed E-state index contributed by atoms with van der Waals surface area (Å²) in [6.45, 7) is 4.28. The van der Waals surface area contributed by atoms with Crippen molar-refractivity contribution in [1.29, 1.82) is 0 Å². The molecule has 1 aliphatic heterocycles. The summed E-state index contributed by atoms with van der Waals surface area (Å²) in [5.41, 5.74) is 1.31. The van der Waals surface area contributed by atoms with E-state index in [1.807, 2.05) is 49.4 Å². The highest BCUT2D eigenvalue weighted by Gasteiger charge is 2.61. The molecule has 0 aromatic heterocycles. The largest absolute Gasteiger partial charge is 0.497 e. The molecule has 0 saturated carbocycles. The van der Waals surface area contributed by atoms with Crippen molar-refractivity contribution < 1.29 is 23.9 Å². The molecule has 2 aromatic carbocycles. The molecule has 0 bridgehead atoms. The Hall–Kier alpha value is -2.93. The molecule has 1 fully saturated rings. The first-order chi connectivity index (χ1) is 16.3. The maximum atomic E-state index is 14.0. The van der Waals surface area contributed by atoms with Crippen LogP contribution in [0, 0.1) is 11.3 Å². The van der Waals surface area contributed by atoms with E-state index in [0.29, 0.717) is 24.9 Å². The van der Waals surface area contributed by atoms with Crippen LogP contribution in [0.3, 0.4) is 0 Å². The minimum absolute atomic E-state index is 0.140. The van der Waals surface area contributed by atoms with Crippen molar-refractivity contribution in [2.45, 2.75) is 39.3 Å². The lowest BCUT2D eigenvalue weighted by atomic mass is 9.64. The van der Waals surface area contributed by atoms with Crippen LogP contribution in [0.2, 0.25) is 0 Å². The molecule has 6 nitrogen and oxygen atoms in total. The fourth-order valence-corrected chi connectivity index (χ4v) is 5.55. The first-order valence-electron chi connectivity index (χ1n) is 11.4. The van der Waals surface area contributed by atoms with Crippen LogP contribution < -0.4 is 4.74 Å². The van der Waals surface area contributed by atoms with Crippen molar-refractivity contribution >= 4 is 33.6 Å². The Balaban J connectivity index is 1.73. The molecule has 1 heterocycles. The molecule has 7 heteroatoms. The van der Waals surface area contributed by atoms with Gasteiger partial charge in [-0.05, 0) is 55.2 Å². The van der Waals surface area contributed by atoms with Crippen LogP contribution in [0.1, 0.15) is 41.8 Å². The quantitative estimate of drug-likeness (QED) is 0.309. The Labute approximate surface area is 208 Å². The van der Waals surface area contributed by atoms with Crippen LogP contribution in [0.15, 0.2) is 59.1 Å². The normalized spacial score (nSPS) is 24.1. The number of amides is 1. The van der Waals surface area contributed by atoms with Gasteiger partial charge in [0.15, 0.2) is 5.78 Å². The maximum Gasteiger partial charge on any atom is 0.330 e. The molecule has 1 saturated heterocycles. The summed E-state index contributed by atoms with van der Waals surface area (Å²) >= 11 is 3.46. The number of methoxy groups -OCH3 is 1. The Morgan fingerprint density at radius 3 is 2.62 bits per heavy atom. The van der Waals surface area contributed by atoms with Gasteiger partial charge < -0.3 is 14.4 Å². The number of aryl methyl sites for hydroxylation is 1. The molecule has 34 heavy (non-hydrogen) atoms. The Morgan fingerprint density at radius 2 is 1.94 bits per heavy atom. The van der Waals surface area contributed by atoms with Gasteiger partial charge in [0.25, 0.3) is 0 Å². The van der Waals surface area contributed by atoms with Gasteiger partial charge in [-0.1, -0.05) is 47.1 Å². The van der Waals surface area contributed by atoms with Crippen LogP contribution >= 0.6 is 15.9 Å². The van der Waals surface area contributed by atoms with Crippen molar-refractivity contribution in [2.75, 3.05) is 13.7 Å². The molecule has 2 aromatic rings. The van der Waals surface area contributed by atoms with Gasteiger partial charge in [0, 0.05) is 28.6 Å². The summed E-state index contributed by atoms with van der Waals surface area (Å²) in [5, 5.41) is 0. The van der Waals surface area contributed by atoms with Gasteiger partial charge in [-0.3, -0.25) is 9.59 Å². The summed E-state index contributed by atoms with van der Waals surface area (Å²) in [7, 11) is 1.60. The van der Waals surface area contributed by atoms with Gasteiger partial charge in [-0.15, -0.1) is 0 Å². The van der Waals surface area contributed by atoms with Gasteiger partial charge >= 0.3 is 5.97 Å². The first kappa shape index (κ1) is 24.2. The molecule has 4 rings (SSSR count).